The van der Waals surface area contributed by atoms with Crippen LogP contribution in [0.25, 0.3) is 0 Å². The zero-order chi connectivity index (χ0) is 13.8. The Morgan fingerprint density at radius 2 is 2.22 bits per heavy atom. The Hall–Kier alpha value is -1.62. The molecular formula is C13H21N3O2. The van der Waals surface area contributed by atoms with Gasteiger partial charge >= 0.3 is 0 Å². The van der Waals surface area contributed by atoms with Gasteiger partial charge in [0.05, 0.1) is 12.1 Å². The van der Waals surface area contributed by atoms with Crippen LogP contribution in [-0.2, 0) is 0 Å². The molecule has 100 valence electrons. The van der Waals surface area contributed by atoms with Gasteiger partial charge in [-0.3, -0.25) is 4.79 Å². The molecule has 0 aliphatic carbocycles. The van der Waals surface area contributed by atoms with Crippen LogP contribution >= 0.6 is 0 Å². The molecule has 0 aliphatic heterocycles. The van der Waals surface area contributed by atoms with Crippen LogP contribution in [0.1, 0.15) is 30.6 Å². The first-order valence-electron chi connectivity index (χ1n) is 5.98. The minimum atomic E-state index is -0.585. The maximum Gasteiger partial charge on any atom is 0.251 e. The first-order chi connectivity index (χ1) is 8.41. The Bertz CT molecular complexity index is 414. The molecule has 1 atom stereocenters. The summed E-state index contributed by atoms with van der Waals surface area (Å²) in [5, 5.41) is 12.1. The highest BCUT2D eigenvalue weighted by atomic mass is 16.3. The average Bonchev–Trinajstić information content (AvgIpc) is 2.38. The van der Waals surface area contributed by atoms with Gasteiger partial charge in [-0.2, -0.15) is 0 Å². The third-order valence-electron chi connectivity index (χ3n) is 3.01. The van der Waals surface area contributed by atoms with Crippen molar-refractivity contribution in [3.05, 3.63) is 23.9 Å². The van der Waals surface area contributed by atoms with Crippen LogP contribution in [0.5, 0.6) is 0 Å². The third-order valence-corrected chi connectivity index (χ3v) is 3.01. The monoisotopic (exact) mass is 251 g/mol. The van der Waals surface area contributed by atoms with Gasteiger partial charge in [0.25, 0.3) is 5.91 Å². The molecule has 1 unspecified atom stereocenters. The van der Waals surface area contributed by atoms with Crippen LogP contribution in [0, 0.1) is 0 Å². The smallest absolute Gasteiger partial charge is 0.251 e. The predicted octanol–water partition coefficient (Wildman–Crippen LogP) is 1.04. The lowest BCUT2D eigenvalue weighted by Gasteiger charge is -2.27. The van der Waals surface area contributed by atoms with Gasteiger partial charge in [-0.1, -0.05) is 6.92 Å². The molecule has 1 aromatic rings. The van der Waals surface area contributed by atoms with Crippen molar-refractivity contribution in [1.82, 2.24) is 10.3 Å². The molecule has 1 aromatic heterocycles. The molecule has 1 heterocycles. The number of amides is 1. The van der Waals surface area contributed by atoms with E-state index in [1.165, 1.54) is 0 Å². The zero-order valence-corrected chi connectivity index (χ0v) is 11.4. The molecule has 5 heteroatoms. The van der Waals surface area contributed by atoms with E-state index in [0.717, 1.165) is 5.82 Å². The topological polar surface area (TPSA) is 65.5 Å². The van der Waals surface area contributed by atoms with E-state index >= 15 is 0 Å². The number of anilines is 1. The van der Waals surface area contributed by atoms with Crippen LogP contribution in [0.2, 0.25) is 0 Å². The van der Waals surface area contributed by atoms with E-state index in [4.69, 9.17) is 0 Å². The number of aliphatic hydroxyl groups is 1. The summed E-state index contributed by atoms with van der Waals surface area (Å²) >= 11 is 0. The number of hydrogen-bond acceptors (Lipinski definition) is 4. The second-order valence-electron chi connectivity index (χ2n) is 4.82. The highest BCUT2D eigenvalue weighted by Gasteiger charge is 2.23. The average molecular weight is 251 g/mol. The highest BCUT2D eigenvalue weighted by molar-refractivity contribution is 5.95. The van der Waals surface area contributed by atoms with Crippen LogP contribution in [-0.4, -0.2) is 42.2 Å². The lowest BCUT2D eigenvalue weighted by molar-refractivity contribution is 0.0847. The quantitative estimate of drug-likeness (QED) is 0.820. The molecule has 0 fully saturated rings. The van der Waals surface area contributed by atoms with E-state index in [0.29, 0.717) is 12.0 Å². The number of carbonyl (C=O) groups excluding carboxylic acids is 1. The number of aliphatic hydroxyl groups excluding tert-OH is 1. The molecule has 2 N–H and O–H groups in total. The van der Waals surface area contributed by atoms with Gasteiger partial charge in [0.15, 0.2) is 0 Å². The molecule has 5 nitrogen and oxygen atoms in total. The number of hydrogen-bond donors (Lipinski definition) is 2. The van der Waals surface area contributed by atoms with E-state index in [1.54, 1.807) is 18.3 Å². The summed E-state index contributed by atoms with van der Waals surface area (Å²) in [5.74, 6) is 0.531. The first-order valence-corrected chi connectivity index (χ1v) is 5.98. The maximum absolute atomic E-state index is 12.1. The van der Waals surface area contributed by atoms with Crippen molar-refractivity contribution in [3.8, 4) is 0 Å². The van der Waals surface area contributed by atoms with Gasteiger partial charge in [0.2, 0.25) is 0 Å². The van der Waals surface area contributed by atoms with Gasteiger partial charge < -0.3 is 15.3 Å². The predicted molar refractivity (Wildman–Crippen MR) is 71.8 cm³/mol. The lowest BCUT2D eigenvalue weighted by Crippen LogP contribution is -2.48. The summed E-state index contributed by atoms with van der Waals surface area (Å²) in [6.45, 7) is 3.66. The largest absolute Gasteiger partial charge is 0.394 e. The van der Waals surface area contributed by atoms with Gasteiger partial charge in [0.1, 0.15) is 5.82 Å². The summed E-state index contributed by atoms with van der Waals surface area (Å²) in [4.78, 5) is 18.1. The Balaban J connectivity index is 2.88. The number of nitrogens with zero attached hydrogens (tertiary/aromatic N) is 2. The van der Waals surface area contributed by atoms with Crippen LogP contribution in [0.15, 0.2) is 18.3 Å². The number of aromatic nitrogens is 1. The van der Waals surface area contributed by atoms with Crippen molar-refractivity contribution in [1.29, 1.82) is 0 Å². The maximum atomic E-state index is 12.1. The zero-order valence-electron chi connectivity index (χ0n) is 11.4. The van der Waals surface area contributed by atoms with Crippen LogP contribution < -0.4 is 10.2 Å². The number of nitrogens with one attached hydrogen (secondary N) is 1. The SMILES string of the molecule is CCC(C)(CO)NC(=O)c1ccnc(N(C)C)c1. The van der Waals surface area contributed by atoms with E-state index < -0.39 is 5.54 Å². The first kappa shape index (κ1) is 14.4. The van der Waals surface area contributed by atoms with E-state index in [1.807, 2.05) is 32.8 Å². The molecule has 0 aromatic carbocycles. The third kappa shape index (κ3) is 3.43. The molecule has 0 radical (unpaired) electrons. The Morgan fingerprint density at radius 3 is 2.72 bits per heavy atom. The van der Waals surface area contributed by atoms with Gasteiger partial charge in [-0.05, 0) is 25.5 Å². The number of pyridine rings is 1. The molecule has 0 spiro atoms. The molecule has 0 aliphatic rings. The fraction of sp³-hybridized carbons (Fsp3) is 0.538. The van der Waals surface area contributed by atoms with Crippen molar-refractivity contribution in [2.45, 2.75) is 25.8 Å². The number of carbonyl (C=O) groups is 1. The van der Waals surface area contributed by atoms with E-state index in [2.05, 4.69) is 10.3 Å². The van der Waals surface area contributed by atoms with Crippen molar-refractivity contribution >= 4 is 11.7 Å². The Morgan fingerprint density at radius 1 is 1.56 bits per heavy atom. The van der Waals surface area contributed by atoms with Crippen molar-refractivity contribution < 1.29 is 9.90 Å². The summed E-state index contributed by atoms with van der Waals surface area (Å²) in [6, 6.07) is 3.39. The summed E-state index contributed by atoms with van der Waals surface area (Å²) in [5.41, 5.74) is -0.0413. The molecule has 0 saturated heterocycles. The van der Waals surface area contributed by atoms with Crippen molar-refractivity contribution in [2.75, 3.05) is 25.6 Å². The fourth-order valence-corrected chi connectivity index (χ4v) is 1.39. The summed E-state index contributed by atoms with van der Waals surface area (Å²) in [7, 11) is 3.74. The van der Waals surface area contributed by atoms with E-state index in [9.17, 15) is 9.90 Å². The van der Waals surface area contributed by atoms with Crippen molar-refractivity contribution in [3.63, 3.8) is 0 Å². The van der Waals surface area contributed by atoms with E-state index in [-0.39, 0.29) is 12.5 Å². The molecule has 0 saturated carbocycles. The normalized spacial score (nSPS) is 13.8. The second-order valence-corrected chi connectivity index (χ2v) is 4.82. The summed E-state index contributed by atoms with van der Waals surface area (Å²) in [6.07, 6.45) is 2.27. The second kappa shape index (κ2) is 5.82. The minimum absolute atomic E-state index is 0.0825. The van der Waals surface area contributed by atoms with Crippen LogP contribution in [0.4, 0.5) is 5.82 Å². The lowest BCUT2D eigenvalue weighted by atomic mass is 9.99. The summed E-state index contributed by atoms with van der Waals surface area (Å²) < 4.78 is 0. The highest BCUT2D eigenvalue weighted by Crippen LogP contribution is 2.13. The minimum Gasteiger partial charge on any atom is -0.394 e. The number of rotatable bonds is 5. The molecule has 1 rings (SSSR count). The Kier molecular flexibility index (Phi) is 4.67. The molecule has 18 heavy (non-hydrogen) atoms. The van der Waals surface area contributed by atoms with Gasteiger partial charge in [0, 0.05) is 25.9 Å². The van der Waals surface area contributed by atoms with Gasteiger partial charge in [-0.15, -0.1) is 0 Å². The van der Waals surface area contributed by atoms with Crippen LogP contribution in [0.3, 0.4) is 0 Å². The standard InChI is InChI=1S/C13H21N3O2/c1-5-13(2,9-17)15-12(18)10-6-7-14-11(8-10)16(3)4/h6-8,17H,5,9H2,1-4H3,(H,15,18). The van der Waals surface area contributed by atoms with Gasteiger partial charge in [-0.25, -0.2) is 4.98 Å². The van der Waals surface area contributed by atoms with Crippen molar-refractivity contribution in [2.24, 2.45) is 0 Å². The fourth-order valence-electron chi connectivity index (χ4n) is 1.39. The molecule has 1 amide bonds. The Labute approximate surface area is 108 Å². The molecule has 0 bridgehead atoms. The molecular weight excluding hydrogens is 230 g/mol.